The van der Waals surface area contributed by atoms with E-state index in [1.807, 2.05) is 25.1 Å². The number of hydrogen-bond acceptors (Lipinski definition) is 1. The minimum atomic E-state index is 0.126. The minimum Gasteiger partial charge on any atom is -0.293 e. The van der Waals surface area contributed by atoms with E-state index < -0.39 is 0 Å². The van der Waals surface area contributed by atoms with E-state index in [2.05, 4.69) is 35.5 Å². The third kappa shape index (κ3) is 3.16. The molecule has 0 radical (unpaired) electrons. The van der Waals surface area contributed by atoms with Crippen LogP contribution in [-0.4, -0.2) is 11.1 Å². The number of aryl methyl sites for hydroxylation is 1. The van der Waals surface area contributed by atoms with Crippen LogP contribution >= 0.6 is 15.9 Å². The number of halogens is 1. The van der Waals surface area contributed by atoms with Crippen LogP contribution in [0.3, 0.4) is 0 Å². The first-order valence-electron chi connectivity index (χ1n) is 5.67. The molecule has 1 nitrogen and oxygen atoms in total. The maximum atomic E-state index is 12.0. The topological polar surface area (TPSA) is 17.1 Å². The monoisotopic (exact) mass is 292 g/mol. The van der Waals surface area contributed by atoms with Crippen molar-refractivity contribution in [2.75, 3.05) is 5.33 Å². The molecule has 0 spiro atoms. The summed E-state index contributed by atoms with van der Waals surface area (Å²) in [5, 5.41) is 2.43. The fourth-order valence-electron chi connectivity index (χ4n) is 1.88. The van der Waals surface area contributed by atoms with E-state index >= 15 is 0 Å². The number of ketones is 1. The van der Waals surface area contributed by atoms with Crippen molar-refractivity contribution in [3.8, 4) is 0 Å². The van der Waals surface area contributed by atoms with Gasteiger partial charge in [-0.25, -0.2) is 0 Å². The molecule has 0 saturated carbocycles. The van der Waals surface area contributed by atoms with Crippen molar-refractivity contribution in [1.82, 2.24) is 0 Å². The molecule has 1 rings (SSSR count). The highest BCUT2D eigenvalue weighted by Gasteiger charge is 2.09. The highest BCUT2D eigenvalue weighted by atomic mass is 79.9. The Morgan fingerprint density at radius 3 is 2.71 bits per heavy atom. The van der Waals surface area contributed by atoms with Crippen LogP contribution in [-0.2, 0) is 0 Å². The van der Waals surface area contributed by atoms with Gasteiger partial charge in [0.05, 0.1) is 5.33 Å². The van der Waals surface area contributed by atoms with Crippen molar-refractivity contribution in [3.05, 3.63) is 46.4 Å². The van der Waals surface area contributed by atoms with E-state index in [4.69, 9.17) is 0 Å². The SMILES string of the molecule is C=C/C=c1/ccc(C)c(C(=O)CBr)/c1=C/CC. The van der Waals surface area contributed by atoms with Crippen LogP contribution in [0.4, 0.5) is 0 Å². The summed E-state index contributed by atoms with van der Waals surface area (Å²) >= 11 is 3.24. The molecule has 0 saturated heterocycles. The Morgan fingerprint density at radius 2 is 2.18 bits per heavy atom. The molecule has 0 aliphatic rings. The number of benzene rings is 1. The zero-order chi connectivity index (χ0) is 12.8. The maximum absolute atomic E-state index is 12.0. The lowest BCUT2D eigenvalue weighted by Gasteiger charge is -2.05. The van der Waals surface area contributed by atoms with E-state index in [1.54, 1.807) is 6.08 Å². The molecule has 0 fully saturated rings. The molecule has 0 heterocycles. The van der Waals surface area contributed by atoms with E-state index in [0.29, 0.717) is 5.33 Å². The zero-order valence-corrected chi connectivity index (χ0v) is 11.9. The van der Waals surface area contributed by atoms with E-state index in [1.165, 1.54) is 0 Å². The number of Topliss-reactive ketones (excluding diaryl/α,β-unsaturated/α-hetero) is 1. The van der Waals surface area contributed by atoms with Gasteiger partial charge in [-0.2, -0.15) is 0 Å². The van der Waals surface area contributed by atoms with Crippen molar-refractivity contribution in [3.63, 3.8) is 0 Å². The van der Waals surface area contributed by atoms with E-state index in [0.717, 1.165) is 28.0 Å². The summed E-state index contributed by atoms with van der Waals surface area (Å²) in [6, 6.07) is 4.02. The summed E-state index contributed by atoms with van der Waals surface area (Å²) in [6.07, 6.45) is 6.69. The predicted octanol–water partition coefficient (Wildman–Crippen LogP) is 2.73. The van der Waals surface area contributed by atoms with Crippen molar-refractivity contribution < 1.29 is 4.79 Å². The molecule has 1 aromatic carbocycles. The van der Waals surface area contributed by atoms with E-state index in [-0.39, 0.29) is 5.78 Å². The molecule has 0 amide bonds. The van der Waals surface area contributed by atoms with Gasteiger partial charge in [0.25, 0.3) is 0 Å². The highest BCUT2D eigenvalue weighted by Crippen LogP contribution is 2.03. The lowest BCUT2D eigenvalue weighted by Crippen LogP contribution is -2.32. The summed E-state index contributed by atoms with van der Waals surface area (Å²) in [6.45, 7) is 7.76. The van der Waals surface area contributed by atoms with Crippen molar-refractivity contribution in [2.24, 2.45) is 0 Å². The molecule has 0 unspecified atom stereocenters. The molecule has 0 N–H and O–H groups in total. The summed E-state index contributed by atoms with van der Waals surface area (Å²) in [4.78, 5) is 12.0. The Kier molecular flexibility index (Phi) is 5.36. The van der Waals surface area contributed by atoms with E-state index in [9.17, 15) is 4.79 Å². The van der Waals surface area contributed by atoms with Gasteiger partial charge >= 0.3 is 0 Å². The Balaban J connectivity index is 3.73. The van der Waals surface area contributed by atoms with Crippen LogP contribution in [0.5, 0.6) is 0 Å². The first-order valence-corrected chi connectivity index (χ1v) is 6.79. The van der Waals surface area contributed by atoms with Crippen LogP contribution in [0, 0.1) is 6.92 Å². The molecule has 0 aliphatic heterocycles. The van der Waals surface area contributed by atoms with Gasteiger partial charge in [0, 0.05) is 5.56 Å². The van der Waals surface area contributed by atoms with Crippen LogP contribution < -0.4 is 10.4 Å². The molecule has 0 aliphatic carbocycles. The van der Waals surface area contributed by atoms with Gasteiger partial charge < -0.3 is 0 Å². The fraction of sp³-hybridized carbons (Fsp3) is 0.267. The summed E-state index contributed by atoms with van der Waals surface area (Å²) in [5.74, 6) is 0.126. The summed E-state index contributed by atoms with van der Waals surface area (Å²) < 4.78 is 0. The molecule has 0 aromatic heterocycles. The molecule has 1 aromatic rings. The minimum absolute atomic E-state index is 0.126. The third-order valence-corrected chi connectivity index (χ3v) is 3.10. The third-order valence-electron chi connectivity index (χ3n) is 2.59. The summed E-state index contributed by atoms with van der Waals surface area (Å²) in [5.41, 5.74) is 1.84. The van der Waals surface area contributed by atoms with Crippen molar-refractivity contribution >= 4 is 33.9 Å². The molecule has 0 bridgehead atoms. The number of carbonyl (C=O) groups is 1. The second-order valence-electron chi connectivity index (χ2n) is 3.83. The first-order chi connectivity index (χ1) is 8.15. The number of allylic oxidation sites excluding steroid dienone is 1. The highest BCUT2D eigenvalue weighted by molar-refractivity contribution is 9.09. The lowest BCUT2D eigenvalue weighted by molar-refractivity contribution is 0.102. The van der Waals surface area contributed by atoms with Crippen molar-refractivity contribution in [1.29, 1.82) is 0 Å². The molecule has 17 heavy (non-hydrogen) atoms. The average molecular weight is 293 g/mol. The zero-order valence-electron chi connectivity index (χ0n) is 10.3. The van der Waals surface area contributed by atoms with Crippen LogP contribution in [0.1, 0.15) is 29.3 Å². The Morgan fingerprint density at radius 1 is 1.47 bits per heavy atom. The lowest BCUT2D eigenvalue weighted by atomic mass is 10.00. The molecular formula is C15H17BrO. The second-order valence-corrected chi connectivity index (χ2v) is 4.39. The molecule has 0 atom stereocenters. The number of rotatable bonds is 4. The molecule has 2 heteroatoms. The molecular weight excluding hydrogens is 276 g/mol. The van der Waals surface area contributed by atoms with Crippen LogP contribution in [0.2, 0.25) is 0 Å². The van der Waals surface area contributed by atoms with Crippen molar-refractivity contribution in [2.45, 2.75) is 20.3 Å². The Labute approximate surface area is 111 Å². The number of hydrogen-bond donors (Lipinski definition) is 0. The van der Waals surface area contributed by atoms with Gasteiger partial charge in [-0.05, 0) is 29.3 Å². The Hall–Kier alpha value is -1.15. The molecule has 90 valence electrons. The number of carbonyl (C=O) groups excluding carboxylic acids is 1. The normalized spacial score (nSPS) is 12.9. The van der Waals surface area contributed by atoms with Gasteiger partial charge in [-0.1, -0.05) is 59.8 Å². The smallest absolute Gasteiger partial charge is 0.174 e. The quantitative estimate of drug-likeness (QED) is 0.616. The van der Waals surface area contributed by atoms with Gasteiger partial charge in [0.1, 0.15) is 0 Å². The predicted molar refractivity (Wildman–Crippen MR) is 78.0 cm³/mol. The van der Waals surface area contributed by atoms with Gasteiger partial charge in [0.15, 0.2) is 5.78 Å². The van der Waals surface area contributed by atoms with Gasteiger partial charge in [-0.3, -0.25) is 4.79 Å². The standard InChI is InChI=1S/C15H17BrO/c1-4-6-12-9-8-11(3)15(14(17)10-16)13(12)7-5-2/h4,6-9H,1,5,10H2,2-3H3/b12-6-,13-7+. The van der Waals surface area contributed by atoms with Crippen LogP contribution in [0.25, 0.3) is 12.2 Å². The summed E-state index contributed by atoms with van der Waals surface area (Å²) in [7, 11) is 0. The van der Waals surface area contributed by atoms with Crippen LogP contribution in [0.15, 0.2) is 24.8 Å². The second kappa shape index (κ2) is 6.55. The van der Waals surface area contributed by atoms with Gasteiger partial charge in [0.2, 0.25) is 0 Å². The first kappa shape index (κ1) is 13.9. The number of alkyl halides is 1. The average Bonchev–Trinajstić information content (AvgIpc) is 2.32. The largest absolute Gasteiger partial charge is 0.293 e. The fourth-order valence-corrected chi connectivity index (χ4v) is 2.16. The van der Waals surface area contributed by atoms with Gasteiger partial charge in [-0.15, -0.1) is 0 Å². The maximum Gasteiger partial charge on any atom is 0.174 e. The Bertz CT molecular complexity index is 541.